The van der Waals surface area contributed by atoms with Crippen LogP contribution < -0.4 is 10.6 Å². The van der Waals surface area contributed by atoms with Gasteiger partial charge in [0.1, 0.15) is 17.7 Å². The Morgan fingerprint density at radius 1 is 1.30 bits per heavy atom. The highest BCUT2D eigenvalue weighted by atomic mass is 16.1. The Morgan fingerprint density at radius 3 is 3.04 bits per heavy atom. The second kappa shape index (κ2) is 5.81. The van der Waals surface area contributed by atoms with Crippen molar-refractivity contribution in [1.82, 2.24) is 30.0 Å². The predicted octanol–water partition coefficient (Wildman–Crippen LogP) is 1.33. The van der Waals surface area contributed by atoms with Crippen molar-refractivity contribution >= 4 is 22.6 Å². The molecule has 1 saturated heterocycles. The van der Waals surface area contributed by atoms with Gasteiger partial charge in [0.15, 0.2) is 0 Å². The standard InChI is InChI=1S/C15H17N7O/c23-15(13-12-3-6-17-14(12)19-9-18-13)21-10-7-20-22(8-10)11-1-4-16-5-2-11/h3,6-9,11,16H,1-2,4-5H2,(H,21,23)(H,17,18,19). The minimum atomic E-state index is -0.262. The van der Waals surface area contributed by atoms with Gasteiger partial charge < -0.3 is 15.6 Å². The summed E-state index contributed by atoms with van der Waals surface area (Å²) < 4.78 is 1.93. The van der Waals surface area contributed by atoms with Gasteiger partial charge in [-0.05, 0) is 32.0 Å². The highest BCUT2D eigenvalue weighted by molar-refractivity contribution is 6.10. The number of aromatic nitrogens is 5. The number of hydrogen-bond acceptors (Lipinski definition) is 5. The number of rotatable bonds is 3. The van der Waals surface area contributed by atoms with Crippen molar-refractivity contribution in [2.24, 2.45) is 0 Å². The quantitative estimate of drug-likeness (QED) is 0.677. The largest absolute Gasteiger partial charge is 0.346 e. The second-order valence-corrected chi connectivity index (χ2v) is 5.61. The summed E-state index contributed by atoms with van der Waals surface area (Å²) >= 11 is 0. The molecule has 0 unspecified atom stereocenters. The zero-order valence-electron chi connectivity index (χ0n) is 12.5. The van der Waals surface area contributed by atoms with Gasteiger partial charge in [0.05, 0.1) is 23.3 Å². The molecular weight excluding hydrogens is 294 g/mol. The fourth-order valence-corrected chi connectivity index (χ4v) is 2.92. The number of aromatic amines is 1. The summed E-state index contributed by atoms with van der Waals surface area (Å²) in [5.41, 5.74) is 1.68. The molecule has 8 heteroatoms. The number of carbonyl (C=O) groups excluding carboxylic acids is 1. The number of hydrogen-bond donors (Lipinski definition) is 3. The Balaban J connectivity index is 1.52. The number of piperidine rings is 1. The lowest BCUT2D eigenvalue weighted by Gasteiger charge is -2.22. The lowest BCUT2D eigenvalue weighted by atomic mass is 10.1. The first kappa shape index (κ1) is 13.9. The fourth-order valence-electron chi connectivity index (χ4n) is 2.92. The van der Waals surface area contributed by atoms with Gasteiger partial charge in [-0.3, -0.25) is 9.48 Å². The van der Waals surface area contributed by atoms with Crippen LogP contribution in [0.4, 0.5) is 5.69 Å². The first-order valence-corrected chi connectivity index (χ1v) is 7.65. The molecule has 1 aliphatic rings. The van der Waals surface area contributed by atoms with Gasteiger partial charge in [-0.25, -0.2) is 9.97 Å². The van der Waals surface area contributed by atoms with Gasteiger partial charge in [0.2, 0.25) is 0 Å². The number of anilines is 1. The topological polar surface area (TPSA) is 101 Å². The van der Waals surface area contributed by atoms with Gasteiger partial charge in [-0.2, -0.15) is 5.10 Å². The number of carbonyl (C=O) groups is 1. The van der Waals surface area contributed by atoms with Crippen LogP contribution in [-0.2, 0) is 0 Å². The van der Waals surface area contributed by atoms with E-state index in [0.717, 1.165) is 25.9 Å². The van der Waals surface area contributed by atoms with E-state index < -0.39 is 0 Å². The molecule has 0 aromatic carbocycles. The summed E-state index contributed by atoms with van der Waals surface area (Å²) in [6.07, 6.45) is 8.77. The molecule has 0 bridgehead atoms. The van der Waals surface area contributed by atoms with E-state index in [0.29, 0.717) is 28.5 Å². The van der Waals surface area contributed by atoms with Crippen molar-refractivity contribution < 1.29 is 4.79 Å². The number of nitrogens with zero attached hydrogens (tertiary/aromatic N) is 4. The summed E-state index contributed by atoms with van der Waals surface area (Å²) in [4.78, 5) is 23.6. The van der Waals surface area contributed by atoms with E-state index in [4.69, 9.17) is 0 Å². The Hall–Kier alpha value is -2.74. The van der Waals surface area contributed by atoms with Gasteiger partial charge >= 0.3 is 0 Å². The van der Waals surface area contributed by atoms with E-state index in [-0.39, 0.29) is 5.91 Å². The summed E-state index contributed by atoms with van der Waals surface area (Å²) in [5.74, 6) is -0.262. The molecule has 8 nitrogen and oxygen atoms in total. The SMILES string of the molecule is O=C(Nc1cnn(C2CCNCC2)c1)c1ncnc2[nH]ccc12. The molecule has 0 atom stereocenters. The summed E-state index contributed by atoms with van der Waals surface area (Å²) in [7, 11) is 0. The molecule has 1 aliphatic heterocycles. The third-order valence-electron chi connectivity index (χ3n) is 4.11. The molecule has 118 valence electrons. The van der Waals surface area contributed by atoms with E-state index in [9.17, 15) is 4.79 Å². The highest BCUT2D eigenvalue weighted by Crippen LogP contribution is 2.20. The Labute approximate surface area is 132 Å². The van der Waals surface area contributed by atoms with Crippen LogP contribution in [0.5, 0.6) is 0 Å². The molecule has 0 saturated carbocycles. The van der Waals surface area contributed by atoms with Crippen LogP contribution in [0.15, 0.2) is 31.0 Å². The minimum Gasteiger partial charge on any atom is -0.346 e. The van der Waals surface area contributed by atoms with Crippen molar-refractivity contribution in [3.63, 3.8) is 0 Å². The number of nitrogens with one attached hydrogen (secondary N) is 3. The second-order valence-electron chi connectivity index (χ2n) is 5.61. The summed E-state index contributed by atoms with van der Waals surface area (Å²) in [6, 6.07) is 2.18. The van der Waals surface area contributed by atoms with Gasteiger partial charge in [-0.1, -0.05) is 0 Å². The van der Waals surface area contributed by atoms with E-state index in [1.165, 1.54) is 6.33 Å². The average Bonchev–Trinajstić information content (AvgIpc) is 3.24. The van der Waals surface area contributed by atoms with Crippen molar-refractivity contribution in [3.05, 3.63) is 36.7 Å². The van der Waals surface area contributed by atoms with E-state index in [1.54, 1.807) is 18.5 Å². The van der Waals surface area contributed by atoms with Crippen LogP contribution in [0.3, 0.4) is 0 Å². The molecule has 1 amide bonds. The minimum absolute atomic E-state index is 0.262. The third kappa shape index (κ3) is 2.68. The van der Waals surface area contributed by atoms with E-state index in [2.05, 4.69) is 30.7 Å². The third-order valence-corrected chi connectivity index (χ3v) is 4.11. The molecule has 0 spiro atoms. The lowest BCUT2D eigenvalue weighted by Crippen LogP contribution is -2.29. The maximum atomic E-state index is 12.4. The Kier molecular flexibility index (Phi) is 3.51. The molecule has 0 aliphatic carbocycles. The summed E-state index contributed by atoms with van der Waals surface area (Å²) in [6.45, 7) is 2.00. The van der Waals surface area contributed by atoms with Crippen LogP contribution in [0.2, 0.25) is 0 Å². The van der Waals surface area contributed by atoms with E-state index >= 15 is 0 Å². The lowest BCUT2D eigenvalue weighted by molar-refractivity contribution is 0.102. The Bertz CT molecular complexity index is 831. The first-order valence-electron chi connectivity index (χ1n) is 7.65. The van der Waals surface area contributed by atoms with Crippen LogP contribution in [0.1, 0.15) is 29.4 Å². The molecule has 4 heterocycles. The zero-order valence-corrected chi connectivity index (χ0v) is 12.5. The van der Waals surface area contributed by atoms with Gasteiger partial charge in [-0.15, -0.1) is 0 Å². The van der Waals surface area contributed by atoms with Crippen molar-refractivity contribution in [3.8, 4) is 0 Å². The maximum Gasteiger partial charge on any atom is 0.275 e. The molecule has 1 fully saturated rings. The van der Waals surface area contributed by atoms with Crippen LogP contribution in [0, 0.1) is 0 Å². The zero-order chi connectivity index (χ0) is 15.6. The average molecular weight is 311 g/mol. The molecule has 3 N–H and O–H groups in total. The molecule has 3 aromatic rings. The maximum absolute atomic E-state index is 12.4. The molecular formula is C15H17N7O. The normalized spacial score (nSPS) is 15.8. The van der Waals surface area contributed by atoms with Gasteiger partial charge in [0.25, 0.3) is 5.91 Å². The number of fused-ring (bicyclic) bond motifs is 1. The predicted molar refractivity (Wildman–Crippen MR) is 85.2 cm³/mol. The molecule has 4 rings (SSSR count). The van der Waals surface area contributed by atoms with Crippen molar-refractivity contribution in [2.75, 3.05) is 18.4 Å². The molecule has 23 heavy (non-hydrogen) atoms. The van der Waals surface area contributed by atoms with E-state index in [1.807, 2.05) is 10.9 Å². The van der Waals surface area contributed by atoms with Gasteiger partial charge in [0, 0.05) is 12.4 Å². The number of H-pyrrole nitrogens is 1. The van der Waals surface area contributed by atoms with Crippen molar-refractivity contribution in [2.45, 2.75) is 18.9 Å². The molecule has 0 radical (unpaired) electrons. The highest BCUT2D eigenvalue weighted by Gasteiger charge is 2.17. The Morgan fingerprint density at radius 2 is 2.17 bits per heavy atom. The summed E-state index contributed by atoms with van der Waals surface area (Å²) in [5, 5.41) is 11.3. The van der Waals surface area contributed by atoms with Crippen LogP contribution in [-0.4, -0.2) is 43.7 Å². The first-order chi connectivity index (χ1) is 11.3. The smallest absolute Gasteiger partial charge is 0.275 e. The van der Waals surface area contributed by atoms with Crippen LogP contribution >= 0.6 is 0 Å². The van der Waals surface area contributed by atoms with Crippen LogP contribution in [0.25, 0.3) is 11.0 Å². The fraction of sp³-hybridized carbons (Fsp3) is 0.333. The number of amides is 1. The van der Waals surface area contributed by atoms with Crippen molar-refractivity contribution in [1.29, 1.82) is 0 Å². The molecule has 3 aromatic heterocycles. The monoisotopic (exact) mass is 311 g/mol.